The molecule has 2 aromatic carbocycles. The Labute approximate surface area is 194 Å². The molecule has 0 spiro atoms. The van der Waals surface area contributed by atoms with Crippen molar-refractivity contribution in [1.82, 2.24) is 0 Å². The Hall–Kier alpha value is -2.62. The van der Waals surface area contributed by atoms with E-state index in [9.17, 15) is 0 Å². The predicted molar refractivity (Wildman–Crippen MR) is 138 cm³/mol. The minimum absolute atomic E-state index is 0.293. The maximum absolute atomic E-state index is 5.30. The molecule has 2 aliphatic rings. The molecule has 0 fully saturated rings. The highest BCUT2D eigenvalue weighted by Crippen LogP contribution is 2.31. The van der Waals surface area contributed by atoms with Gasteiger partial charge in [-0.25, -0.2) is 0 Å². The molecule has 0 amide bonds. The molecule has 0 saturated heterocycles. The molecule has 4 heteroatoms. The third-order valence-corrected chi connectivity index (χ3v) is 7.32. The van der Waals surface area contributed by atoms with Crippen LogP contribution in [0.4, 0.5) is 11.4 Å². The molecular weight excluding hydrogens is 392 g/mol. The van der Waals surface area contributed by atoms with Crippen LogP contribution in [-0.2, 0) is 0 Å². The van der Waals surface area contributed by atoms with Crippen molar-refractivity contribution in [2.75, 3.05) is 22.9 Å². The van der Waals surface area contributed by atoms with Gasteiger partial charge in [-0.05, 0) is 49.9 Å². The lowest BCUT2D eigenvalue weighted by Crippen LogP contribution is -2.42. The Morgan fingerprint density at radius 1 is 0.688 bits per heavy atom. The second-order valence-corrected chi connectivity index (χ2v) is 9.70. The van der Waals surface area contributed by atoms with Gasteiger partial charge in [0.05, 0.1) is 12.1 Å². The van der Waals surface area contributed by atoms with Crippen molar-refractivity contribution in [3.05, 3.63) is 59.7 Å². The van der Waals surface area contributed by atoms with Gasteiger partial charge in [-0.1, -0.05) is 75.9 Å². The van der Waals surface area contributed by atoms with Gasteiger partial charge in [-0.2, -0.15) is 0 Å². The Morgan fingerprint density at radius 2 is 1.03 bits per heavy atom. The van der Waals surface area contributed by atoms with E-state index < -0.39 is 0 Å². The summed E-state index contributed by atoms with van der Waals surface area (Å²) in [6.07, 6.45) is 2.26. The third kappa shape index (κ3) is 4.46. The van der Waals surface area contributed by atoms with Crippen molar-refractivity contribution < 1.29 is 0 Å². The summed E-state index contributed by atoms with van der Waals surface area (Å²) in [6.45, 7) is 15.3. The van der Waals surface area contributed by atoms with Crippen LogP contribution in [0.3, 0.4) is 0 Å². The van der Waals surface area contributed by atoms with Gasteiger partial charge in [0.1, 0.15) is 0 Å². The van der Waals surface area contributed by atoms with E-state index in [0.717, 1.165) is 37.6 Å². The molecule has 0 bridgehead atoms. The average Bonchev–Trinajstić information content (AvgIpc) is 3.44. The van der Waals surface area contributed by atoms with Crippen LogP contribution >= 0.6 is 0 Å². The normalized spacial score (nSPS) is 22.7. The largest absolute Gasteiger partial charge is 0.321 e. The minimum Gasteiger partial charge on any atom is -0.321 e. The zero-order chi connectivity index (χ0) is 22.8. The highest BCUT2D eigenvalue weighted by molar-refractivity contribution is 6.50. The Balaban J connectivity index is 1.77. The van der Waals surface area contributed by atoms with E-state index in [1.54, 1.807) is 0 Å². The van der Waals surface area contributed by atoms with Crippen LogP contribution in [-0.4, -0.2) is 36.8 Å². The van der Waals surface area contributed by atoms with Gasteiger partial charge < -0.3 is 9.80 Å². The van der Waals surface area contributed by atoms with E-state index in [1.165, 1.54) is 22.5 Å². The van der Waals surface area contributed by atoms with Crippen molar-refractivity contribution in [1.29, 1.82) is 0 Å². The number of hydrogen-bond donors (Lipinski definition) is 0. The quantitative estimate of drug-likeness (QED) is 0.518. The summed E-state index contributed by atoms with van der Waals surface area (Å²) in [4.78, 5) is 15.4. The average molecular weight is 431 g/mol. The predicted octanol–water partition coefficient (Wildman–Crippen LogP) is 6.27. The van der Waals surface area contributed by atoms with Crippen LogP contribution in [0.25, 0.3) is 0 Å². The van der Waals surface area contributed by atoms with Gasteiger partial charge in [0.2, 0.25) is 0 Å². The Kier molecular flexibility index (Phi) is 6.68. The summed E-state index contributed by atoms with van der Waals surface area (Å²) in [5.41, 5.74) is 4.97. The number of aryl methyl sites for hydroxylation is 2. The molecule has 4 rings (SSSR count). The summed E-state index contributed by atoms with van der Waals surface area (Å²) in [5.74, 6) is 3.15. The fourth-order valence-electron chi connectivity index (χ4n) is 4.50. The van der Waals surface area contributed by atoms with Crippen molar-refractivity contribution in [2.24, 2.45) is 21.8 Å². The molecule has 2 aromatic rings. The SMILES string of the molecule is CC[C@@H](C)[C@H]1CN(c2ccc(C)cc2)C(C2=N[C@@H]([C@@H](C)CC)CN2c2ccc(C)cc2)=N1. The molecule has 2 aliphatic heterocycles. The second kappa shape index (κ2) is 9.48. The molecule has 0 saturated carbocycles. The standard InChI is InChI=1S/C28H38N4/c1-7-21(5)25-17-31(23-13-9-19(3)10-14-23)27(29-25)28-30-26(22(6)8-2)18-32(28)24-15-11-20(4)12-16-24/h9-16,21-22,25-26H,7-8,17-18H2,1-6H3/t21-,22+,25-,26-/m1/s1. The van der Waals surface area contributed by atoms with Crippen LogP contribution in [0.2, 0.25) is 0 Å². The minimum atomic E-state index is 0.293. The molecule has 0 unspecified atom stereocenters. The maximum Gasteiger partial charge on any atom is 0.172 e. The highest BCUT2D eigenvalue weighted by Gasteiger charge is 2.38. The van der Waals surface area contributed by atoms with Gasteiger partial charge >= 0.3 is 0 Å². The first-order chi connectivity index (χ1) is 15.4. The lowest BCUT2D eigenvalue weighted by atomic mass is 10.00. The van der Waals surface area contributed by atoms with Crippen LogP contribution < -0.4 is 9.80 Å². The first-order valence-corrected chi connectivity index (χ1v) is 12.3. The fraction of sp³-hybridized carbons (Fsp3) is 0.500. The molecule has 0 aromatic heterocycles. The topological polar surface area (TPSA) is 31.2 Å². The highest BCUT2D eigenvalue weighted by atomic mass is 15.4. The Morgan fingerprint density at radius 3 is 1.34 bits per heavy atom. The van der Waals surface area contributed by atoms with Gasteiger partial charge in [0.25, 0.3) is 0 Å². The number of amidine groups is 2. The molecule has 170 valence electrons. The number of anilines is 2. The van der Waals surface area contributed by atoms with Gasteiger partial charge in [-0.3, -0.25) is 9.98 Å². The molecule has 0 N–H and O–H groups in total. The number of rotatable bonds is 7. The number of aliphatic imine (C=N–C) groups is 2. The second-order valence-electron chi connectivity index (χ2n) is 9.70. The van der Waals surface area contributed by atoms with Crippen molar-refractivity contribution in [3.63, 3.8) is 0 Å². The molecule has 4 nitrogen and oxygen atoms in total. The van der Waals surface area contributed by atoms with Crippen LogP contribution in [0.5, 0.6) is 0 Å². The summed E-state index contributed by atoms with van der Waals surface area (Å²) >= 11 is 0. The first kappa shape index (κ1) is 22.6. The first-order valence-electron chi connectivity index (χ1n) is 12.3. The van der Waals surface area contributed by atoms with E-state index in [0.29, 0.717) is 23.9 Å². The molecule has 2 heterocycles. The van der Waals surface area contributed by atoms with Crippen molar-refractivity contribution >= 4 is 23.0 Å². The summed E-state index contributed by atoms with van der Waals surface area (Å²) < 4.78 is 0. The van der Waals surface area contributed by atoms with Crippen molar-refractivity contribution in [2.45, 2.75) is 66.5 Å². The zero-order valence-corrected chi connectivity index (χ0v) is 20.5. The summed E-state index contributed by atoms with van der Waals surface area (Å²) in [6, 6.07) is 18.3. The number of nitrogens with zero attached hydrogens (tertiary/aromatic N) is 4. The number of hydrogen-bond acceptors (Lipinski definition) is 4. The van der Waals surface area contributed by atoms with Gasteiger partial charge in [0.15, 0.2) is 11.7 Å². The zero-order valence-electron chi connectivity index (χ0n) is 20.5. The summed E-state index contributed by atoms with van der Waals surface area (Å²) in [7, 11) is 0. The van der Waals surface area contributed by atoms with Crippen LogP contribution in [0.1, 0.15) is 51.7 Å². The lowest BCUT2D eigenvalue weighted by molar-refractivity contribution is 0.465. The van der Waals surface area contributed by atoms with Crippen LogP contribution in [0, 0.1) is 25.7 Å². The van der Waals surface area contributed by atoms with E-state index in [4.69, 9.17) is 9.98 Å². The van der Waals surface area contributed by atoms with Crippen LogP contribution in [0.15, 0.2) is 58.5 Å². The molecule has 0 radical (unpaired) electrons. The monoisotopic (exact) mass is 430 g/mol. The van der Waals surface area contributed by atoms with Gasteiger partial charge in [-0.15, -0.1) is 0 Å². The molecular formula is C28H38N4. The van der Waals surface area contributed by atoms with E-state index in [1.807, 2.05) is 0 Å². The van der Waals surface area contributed by atoms with E-state index in [2.05, 4.69) is 99.9 Å². The Bertz CT molecular complexity index is 892. The maximum atomic E-state index is 5.30. The molecule has 4 atom stereocenters. The number of benzene rings is 2. The van der Waals surface area contributed by atoms with E-state index in [-0.39, 0.29) is 0 Å². The fourth-order valence-corrected chi connectivity index (χ4v) is 4.50. The third-order valence-electron chi connectivity index (χ3n) is 7.32. The van der Waals surface area contributed by atoms with Gasteiger partial charge in [0, 0.05) is 24.5 Å². The smallest absolute Gasteiger partial charge is 0.172 e. The van der Waals surface area contributed by atoms with Crippen molar-refractivity contribution in [3.8, 4) is 0 Å². The molecule has 0 aliphatic carbocycles. The van der Waals surface area contributed by atoms with E-state index >= 15 is 0 Å². The molecule has 32 heavy (non-hydrogen) atoms. The summed E-state index contributed by atoms with van der Waals surface area (Å²) in [5, 5.41) is 0. The lowest BCUT2D eigenvalue weighted by Gasteiger charge is -2.27.